The number of rotatable bonds is 5. The average Bonchev–Trinajstić information content (AvgIpc) is 2.89. The van der Waals surface area contributed by atoms with Gasteiger partial charge in [-0.05, 0) is 51.0 Å². The maximum Gasteiger partial charge on any atom is 0.0249 e. The second-order valence-electron chi connectivity index (χ2n) is 6.88. The molecule has 21 heavy (non-hydrogen) atoms. The summed E-state index contributed by atoms with van der Waals surface area (Å²) in [5, 5.41) is 3.85. The van der Waals surface area contributed by atoms with Crippen molar-refractivity contribution in [2.75, 3.05) is 27.2 Å². The van der Waals surface area contributed by atoms with Gasteiger partial charge in [0.1, 0.15) is 0 Å². The van der Waals surface area contributed by atoms with Gasteiger partial charge in [-0.2, -0.15) is 0 Å². The number of hydrogen-bond acceptors (Lipinski definition) is 3. The Morgan fingerprint density at radius 3 is 2.71 bits per heavy atom. The molecule has 0 spiro atoms. The summed E-state index contributed by atoms with van der Waals surface area (Å²) in [6.07, 6.45) is 5.52. The Balaban J connectivity index is 1.60. The minimum atomic E-state index is 0.692. The van der Waals surface area contributed by atoms with Gasteiger partial charge >= 0.3 is 0 Å². The molecule has 2 heterocycles. The van der Waals surface area contributed by atoms with Gasteiger partial charge in [-0.3, -0.25) is 4.90 Å². The zero-order valence-electron chi connectivity index (χ0n) is 13.5. The molecule has 116 valence electrons. The van der Waals surface area contributed by atoms with Gasteiger partial charge in [0.05, 0.1) is 0 Å². The van der Waals surface area contributed by atoms with E-state index in [1.165, 1.54) is 49.9 Å². The van der Waals surface area contributed by atoms with Crippen LogP contribution >= 0.6 is 0 Å². The van der Waals surface area contributed by atoms with Crippen LogP contribution in [0.5, 0.6) is 0 Å². The van der Waals surface area contributed by atoms with Crippen molar-refractivity contribution in [3.8, 4) is 0 Å². The Bertz CT molecular complexity index is 458. The van der Waals surface area contributed by atoms with Crippen molar-refractivity contribution in [2.45, 2.75) is 50.9 Å². The highest BCUT2D eigenvalue weighted by atomic mass is 15.2. The molecule has 3 rings (SSSR count). The van der Waals surface area contributed by atoms with Crippen LogP contribution < -0.4 is 5.32 Å². The third-order valence-corrected chi connectivity index (χ3v) is 5.02. The summed E-state index contributed by atoms with van der Waals surface area (Å²) in [6.45, 7) is 4.65. The number of nitrogens with one attached hydrogen (secondary N) is 1. The number of fused-ring (bicyclic) bond motifs is 1. The molecule has 2 atom stereocenters. The molecule has 0 aliphatic carbocycles. The maximum absolute atomic E-state index is 3.85. The zero-order chi connectivity index (χ0) is 14.7. The Labute approximate surface area is 129 Å². The van der Waals surface area contributed by atoms with Crippen LogP contribution in [0.1, 0.15) is 36.8 Å². The standard InChI is InChI=1S/C18H29N3/c1-20(2)14-16-8-4-3-7-15(16)13-19-17-10-12-21-11-6-5-9-18(17)21/h3-4,7-8,17-19H,5-6,9-14H2,1-2H3. The van der Waals surface area contributed by atoms with Gasteiger partial charge in [0.25, 0.3) is 0 Å². The molecule has 1 aromatic carbocycles. The minimum Gasteiger partial charge on any atom is -0.308 e. The number of piperidine rings is 1. The lowest BCUT2D eigenvalue weighted by Crippen LogP contribution is -2.44. The normalized spacial score (nSPS) is 26.2. The third kappa shape index (κ3) is 3.65. The fourth-order valence-electron chi connectivity index (χ4n) is 3.95. The van der Waals surface area contributed by atoms with Gasteiger partial charge in [0.15, 0.2) is 0 Å². The van der Waals surface area contributed by atoms with Crippen LogP contribution in [-0.2, 0) is 13.1 Å². The number of nitrogens with zero attached hydrogens (tertiary/aromatic N) is 2. The van der Waals surface area contributed by atoms with Gasteiger partial charge in [0.2, 0.25) is 0 Å². The van der Waals surface area contributed by atoms with Crippen LogP contribution in [0.4, 0.5) is 0 Å². The Kier molecular flexibility index (Phi) is 4.94. The summed E-state index contributed by atoms with van der Waals surface area (Å²) in [5.74, 6) is 0. The predicted octanol–water partition coefficient (Wildman–Crippen LogP) is 2.46. The Morgan fingerprint density at radius 1 is 1.10 bits per heavy atom. The van der Waals surface area contributed by atoms with Gasteiger partial charge in [-0.15, -0.1) is 0 Å². The zero-order valence-corrected chi connectivity index (χ0v) is 13.5. The van der Waals surface area contributed by atoms with E-state index in [4.69, 9.17) is 0 Å². The fourth-order valence-corrected chi connectivity index (χ4v) is 3.95. The summed E-state index contributed by atoms with van der Waals surface area (Å²) < 4.78 is 0. The van der Waals surface area contributed by atoms with E-state index in [0.717, 1.165) is 19.1 Å². The van der Waals surface area contributed by atoms with Crippen molar-refractivity contribution in [2.24, 2.45) is 0 Å². The topological polar surface area (TPSA) is 18.5 Å². The molecule has 1 aromatic rings. The largest absolute Gasteiger partial charge is 0.308 e. The number of benzene rings is 1. The van der Waals surface area contributed by atoms with E-state index >= 15 is 0 Å². The monoisotopic (exact) mass is 287 g/mol. The summed E-state index contributed by atoms with van der Waals surface area (Å²) >= 11 is 0. The lowest BCUT2D eigenvalue weighted by atomic mass is 9.98. The molecule has 2 aliphatic heterocycles. The molecule has 0 saturated carbocycles. The predicted molar refractivity (Wildman–Crippen MR) is 88.3 cm³/mol. The van der Waals surface area contributed by atoms with Crippen molar-refractivity contribution >= 4 is 0 Å². The molecule has 0 radical (unpaired) electrons. The molecule has 2 aliphatic rings. The van der Waals surface area contributed by atoms with E-state index in [1.807, 2.05) is 0 Å². The highest BCUT2D eigenvalue weighted by molar-refractivity contribution is 5.27. The molecule has 0 aromatic heterocycles. The van der Waals surface area contributed by atoms with Crippen LogP contribution in [0.3, 0.4) is 0 Å². The van der Waals surface area contributed by atoms with E-state index in [2.05, 4.69) is 53.5 Å². The van der Waals surface area contributed by atoms with Gasteiger partial charge < -0.3 is 10.2 Å². The average molecular weight is 287 g/mol. The van der Waals surface area contributed by atoms with Crippen molar-refractivity contribution in [3.63, 3.8) is 0 Å². The minimum absolute atomic E-state index is 0.692. The first-order valence-corrected chi connectivity index (χ1v) is 8.43. The summed E-state index contributed by atoms with van der Waals surface area (Å²) in [6, 6.07) is 10.3. The highest BCUT2D eigenvalue weighted by Crippen LogP contribution is 2.27. The quantitative estimate of drug-likeness (QED) is 0.897. The lowest BCUT2D eigenvalue weighted by Gasteiger charge is -2.32. The molecule has 0 bridgehead atoms. The highest BCUT2D eigenvalue weighted by Gasteiger charge is 2.34. The Hall–Kier alpha value is -0.900. The molecular formula is C18H29N3. The van der Waals surface area contributed by atoms with Gasteiger partial charge in [-0.1, -0.05) is 30.7 Å². The van der Waals surface area contributed by atoms with Crippen LogP contribution in [0, 0.1) is 0 Å². The van der Waals surface area contributed by atoms with E-state index < -0.39 is 0 Å². The summed E-state index contributed by atoms with van der Waals surface area (Å²) in [5.41, 5.74) is 2.91. The first-order valence-electron chi connectivity index (χ1n) is 8.43. The SMILES string of the molecule is CN(C)Cc1ccccc1CNC1CCN2CCCCC12. The molecule has 3 nitrogen and oxygen atoms in total. The van der Waals surface area contributed by atoms with Crippen molar-refractivity contribution < 1.29 is 0 Å². The molecule has 2 fully saturated rings. The third-order valence-electron chi connectivity index (χ3n) is 5.02. The van der Waals surface area contributed by atoms with Crippen LogP contribution in [0.2, 0.25) is 0 Å². The Morgan fingerprint density at radius 2 is 1.90 bits per heavy atom. The second-order valence-corrected chi connectivity index (χ2v) is 6.88. The molecule has 0 amide bonds. The summed E-state index contributed by atoms with van der Waals surface area (Å²) in [4.78, 5) is 4.95. The van der Waals surface area contributed by atoms with Crippen molar-refractivity contribution in [1.82, 2.24) is 15.1 Å². The van der Waals surface area contributed by atoms with Gasteiger partial charge in [-0.25, -0.2) is 0 Å². The smallest absolute Gasteiger partial charge is 0.0249 e. The summed E-state index contributed by atoms with van der Waals surface area (Å²) in [7, 11) is 4.28. The van der Waals surface area contributed by atoms with E-state index in [1.54, 1.807) is 0 Å². The number of hydrogen-bond donors (Lipinski definition) is 1. The van der Waals surface area contributed by atoms with Crippen LogP contribution in [0.25, 0.3) is 0 Å². The van der Waals surface area contributed by atoms with Crippen molar-refractivity contribution in [3.05, 3.63) is 35.4 Å². The van der Waals surface area contributed by atoms with E-state index in [-0.39, 0.29) is 0 Å². The lowest BCUT2D eigenvalue weighted by molar-refractivity contribution is 0.180. The first-order chi connectivity index (χ1) is 10.2. The van der Waals surface area contributed by atoms with Gasteiger partial charge in [0, 0.05) is 31.7 Å². The molecular weight excluding hydrogens is 258 g/mol. The van der Waals surface area contributed by atoms with Crippen LogP contribution in [0.15, 0.2) is 24.3 Å². The molecule has 3 heteroatoms. The molecule has 2 unspecified atom stereocenters. The van der Waals surface area contributed by atoms with E-state index in [9.17, 15) is 0 Å². The second kappa shape index (κ2) is 6.91. The molecule has 2 saturated heterocycles. The van der Waals surface area contributed by atoms with Crippen molar-refractivity contribution in [1.29, 1.82) is 0 Å². The van der Waals surface area contributed by atoms with E-state index in [0.29, 0.717) is 6.04 Å². The first kappa shape index (κ1) is 15.0. The molecule has 1 N–H and O–H groups in total. The fraction of sp³-hybridized carbons (Fsp3) is 0.667. The maximum atomic E-state index is 3.85. The van der Waals surface area contributed by atoms with Crippen LogP contribution in [-0.4, -0.2) is 49.1 Å².